The Labute approximate surface area is 151 Å². The van der Waals surface area contributed by atoms with E-state index in [0.717, 1.165) is 43.8 Å². The summed E-state index contributed by atoms with van der Waals surface area (Å²) in [5, 5.41) is 3.29. The Morgan fingerprint density at radius 1 is 0.741 bits per heavy atom. The summed E-state index contributed by atoms with van der Waals surface area (Å²) in [6.45, 7) is 0. The molecule has 0 spiro atoms. The Balaban J connectivity index is 1.60. The average molecular weight is 366 g/mol. The van der Waals surface area contributed by atoms with Crippen molar-refractivity contribution in [1.29, 1.82) is 0 Å². The fourth-order valence-electron chi connectivity index (χ4n) is 3.52. The molecule has 3 nitrogen and oxygen atoms in total. The first-order chi connectivity index (χ1) is 13.0. The van der Waals surface area contributed by atoms with Crippen LogP contribution in [0.5, 0.6) is 5.75 Å². The summed E-state index contributed by atoms with van der Waals surface area (Å²) >= 11 is 0. The molecule has 0 aliphatic rings. The van der Waals surface area contributed by atoms with Crippen LogP contribution in [-0.2, 0) is 0 Å². The van der Waals surface area contributed by atoms with Crippen molar-refractivity contribution in [3.8, 4) is 16.9 Å². The van der Waals surface area contributed by atoms with Crippen LogP contribution >= 0.6 is 0 Å². The first kappa shape index (κ1) is 15.8. The second-order valence-corrected chi connectivity index (χ2v) is 6.39. The third-order valence-electron chi connectivity index (χ3n) is 4.72. The highest BCUT2D eigenvalue weighted by Gasteiger charge is 2.30. The Kier molecular flexibility index (Phi) is 3.25. The first-order valence-electron chi connectivity index (χ1n) is 8.36. The molecule has 0 atom stereocenters. The van der Waals surface area contributed by atoms with E-state index in [0.29, 0.717) is 0 Å². The fourth-order valence-corrected chi connectivity index (χ4v) is 3.52. The maximum atomic E-state index is 12.3. The molecule has 5 rings (SSSR count). The molecule has 0 amide bonds. The third kappa shape index (κ3) is 2.70. The van der Waals surface area contributed by atoms with E-state index in [9.17, 15) is 13.2 Å². The molecule has 27 heavy (non-hydrogen) atoms. The van der Waals surface area contributed by atoms with E-state index in [1.807, 2.05) is 30.5 Å². The maximum Gasteiger partial charge on any atom is 0.573 e. The van der Waals surface area contributed by atoms with Gasteiger partial charge in [0.15, 0.2) is 0 Å². The van der Waals surface area contributed by atoms with Crippen molar-refractivity contribution in [2.75, 3.05) is 0 Å². The highest BCUT2D eigenvalue weighted by molar-refractivity contribution is 6.16. The molecule has 0 fully saturated rings. The zero-order valence-electron chi connectivity index (χ0n) is 13.9. The van der Waals surface area contributed by atoms with Crippen molar-refractivity contribution < 1.29 is 17.9 Å². The van der Waals surface area contributed by atoms with E-state index >= 15 is 0 Å². The normalized spacial score (nSPS) is 12.3. The molecule has 0 bridgehead atoms. The molecule has 134 valence electrons. The van der Waals surface area contributed by atoms with Gasteiger partial charge in [-0.3, -0.25) is 0 Å². The quantitative estimate of drug-likeness (QED) is 0.374. The van der Waals surface area contributed by atoms with Crippen molar-refractivity contribution in [2.45, 2.75) is 6.36 Å². The molecule has 6 heteroatoms. The van der Waals surface area contributed by atoms with Gasteiger partial charge in [-0.1, -0.05) is 30.3 Å². The Morgan fingerprint density at radius 2 is 1.52 bits per heavy atom. The van der Waals surface area contributed by atoms with Crippen LogP contribution in [0.3, 0.4) is 0 Å². The van der Waals surface area contributed by atoms with Gasteiger partial charge in [0.05, 0.1) is 11.0 Å². The van der Waals surface area contributed by atoms with Crippen molar-refractivity contribution in [1.82, 2.24) is 9.97 Å². The molecule has 2 aromatic heterocycles. The summed E-state index contributed by atoms with van der Waals surface area (Å²) in [6, 6.07) is 18.0. The lowest BCUT2D eigenvalue weighted by Gasteiger charge is -2.09. The summed E-state index contributed by atoms with van der Waals surface area (Å²) in [6.07, 6.45) is -2.78. The Hall–Kier alpha value is -3.41. The second kappa shape index (κ2) is 5.54. The monoisotopic (exact) mass is 366 g/mol. The molecule has 0 aliphatic heterocycles. The molecule has 0 saturated carbocycles. The number of halogens is 3. The Bertz CT molecular complexity index is 1280. The van der Waals surface area contributed by atoms with E-state index in [1.165, 1.54) is 12.1 Å². The number of aromatic nitrogens is 2. The minimum Gasteiger partial charge on any atom is -0.406 e. The van der Waals surface area contributed by atoms with Gasteiger partial charge < -0.3 is 14.7 Å². The van der Waals surface area contributed by atoms with Crippen LogP contribution in [0.15, 0.2) is 66.9 Å². The third-order valence-corrected chi connectivity index (χ3v) is 4.72. The van der Waals surface area contributed by atoms with Crippen LogP contribution in [-0.4, -0.2) is 16.3 Å². The lowest BCUT2D eigenvalue weighted by atomic mass is 10.0. The molecule has 5 aromatic rings. The van der Waals surface area contributed by atoms with Crippen molar-refractivity contribution in [3.63, 3.8) is 0 Å². The first-order valence-corrected chi connectivity index (χ1v) is 8.36. The van der Waals surface area contributed by atoms with E-state index < -0.39 is 6.36 Å². The molecular weight excluding hydrogens is 353 g/mol. The van der Waals surface area contributed by atoms with Gasteiger partial charge in [-0.25, -0.2) is 0 Å². The van der Waals surface area contributed by atoms with Crippen molar-refractivity contribution in [2.24, 2.45) is 0 Å². The highest BCUT2D eigenvalue weighted by atomic mass is 19.4. The van der Waals surface area contributed by atoms with Gasteiger partial charge in [0.25, 0.3) is 0 Å². The van der Waals surface area contributed by atoms with Crippen molar-refractivity contribution >= 4 is 32.7 Å². The molecule has 0 radical (unpaired) electrons. The fraction of sp³-hybridized carbons (Fsp3) is 0.0476. The predicted octanol–water partition coefficient (Wildman–Crippen LogP) is 6.37. The smallest absolute Gasteiger partial charge is 0.406 e. The molecule has 3 aromatic carbocycles. The highest BCUT2D eigenvalue weighted by Crippen LogP contribution is 2.34. The second-order valence-electron chi connectivity index (χ2n) is 6.39. The minimum atomic E-state index is -4.69. The van der Waals surface area contributed by atoms with E-state index in [-0.39, 0.29) is 5.75 Å². The number of nitrogens with one attached hydrogen (secondary N) is 2. The number of fused-ring (bicyclic) bond motifs is 5. The average Bonchev–Trinajstić information content (AvgIpc) is 3.24. The maximum absolute atomic E-state index is 12.3. The number of H-pyrrole nitrogens is 2. The molecule has 0 aliphatic carbocycles. The largest absolute Gasteiger partial charge is 0.573 e. The number of hydrogen-bond donors (Lipinski definition) is 2. The van der Waals surface area contributed by atoms with Gasteiger partial charge >= 0.3 is 6.36 Å². The number of aromatic amines is 2. The molecular formula is C21H13F3N2O. The van der Waals surface area contributed by atoms with Gasteiger partial charge in [-0.15, -0.1) is 13.2 Å². The molecule has 2 N–H and O–H groups in total. The van der Waals surface area contributed by atoms with Gasteiger partial charge in [0.2, 0.25) is 0 Å². The van der Waals surface area contributed by atoms with Crippen LogP contribution in [0.4, 0.5) is 13.2 Å². The summed E-state index contributed by atoms with van der Waals surface area (Å²) < 4.78 is 40.9. The van der Waals surface area contributed by atoms with E-state index in [2.05, 4.69) is 26.8 Å². The topological polar surface area (TPSA) is 40.8 Å². The van der Waals surface area contributed by atoms with Gasteiger partial charge in [0.1, 0.15) is 5.75 Å². The standard InChI is InChI=1S/C21H13F3N2O/c22-21(23,24)27-15-5-1-12(2-6-15)14-4-8-18-17(11-14)16-7-3-13-9-10-25-19(13)20(16)26-18/h1-11,25-26H. The minimum absolute atomic E-state index is 0.228. The van der Waals surface area contributed by atoms with Gasteiger partial charge in [-0.05, 0) is 41.5 Å². The number of hydrogen-bond acceptors (Lipinski definition) is 1. The number of benzene rings is 3. The van der Waals surface area contributed by atoms with Gasteiger partial charge in [0, 0.05) is 27.9 Å². The van der Waals surface area contributed by atoms with Crippen LogP contribution in [0.25, 0.3) is 43.8 Å². The number of rotatable bonds is 2. The van der Waals surface area contributed by atoms with Crippen LogP contribution < -0.4 is 4.74 Å². The summed E-state index contributed by atoms with van der Waals surface area (Å²) in [7, 11) is 0. The SMILES string of the molecule is FC(F)(F)Oc1ccc(-c2ccc3[nH]c4c(ccc5cc[nH]c54)c3c2)cc1. The van der Waals surface area contributed by atoms with Crippen LogP contribution in [0.1, 0.15) is 0 Å². The zero-order valence-corrected chi connectivity index (χ0v) is 13.9. The van der Waals surface area contributed by atoms with Gasteiger partial charge in [-0.2, -0.15) is 0 Å². The van der Waals surface area contributed by atoms with E-state index in [1.54, 1.807) is 12.1 Å². The van der Waals surface area contributed by atoms with E-state index in [4.69, 9.17) is 0 Å². The summed E-state index contributed by atoms with van der Waals surface area (Å²) in [5.41, 5.74) is 4.85. The molecule has 2 heterocycles. The lowest BCUT2D eigenvalue weighted by Crippen LogP contribution is -2.16. The zero-order chi connectivity index (χ0) is 18.6. The summed E-state index contributed by atoms with van der Waals surface area (Å²) in [4.78, 5) is 6.70. The Morgan fingerprint density at radius 3 is 2.30 bits per heavy atom. The molecule has 0 saturated heterocycles. The number of ether oxygens (including phenoxy) is 1. The predicted molar refractivity (Wildman–Crippen MR) is 99.8 cm³/mol. The van der Waals surface area contributed by atoms with Crippen molar-refractivity contribution in [3.05, 3.63) is 66.9 Å². The van der Waals surface area contributed by atoms with Crippen LogP contribution in [0, 0.1) is 0 Å². The van der Waals surface area contributed by atoms with Crippen LogP contribution in [0.2, 0.25) is 0 Å². The molecule has 0 unspecified atom stereocenters. The summed E-state index contributed by atoms with van der Waals surface area (Å²) in [5.74, 6) is -0.228. The lowest BCUT2D eigenvalue weighted by molar-refractivity contribution is -0.274. The number of alkyl halides is 3.